The maximum Gasteiger partial charge on any atom is 0.243 e. The highest BCUT2D eigenvalue weighted by atomic mass is 16.2. The van der Waals surface area contributed by atoms with E-state index in [2.05, 4.69) is 5.32 Å². The molecule has 0 radical (unpaired) electrons. The van der Waals surface area contributed by atoms with Crippen LogP contribution in [0.2, 0.25) is 0 Å². The predicted octanol–water partition coefficient (Wildman–Crippen LogP) is 3.80. The third-order valence-corrected chi connectivity index (χ3v) is 7.57. The van der Waals surface area contributed by atoms with Crippen LogP contribution in [0.15, 0.2) is 66.7 Å². The third-order valence-electron chi connectivity index (χ3n) is 7.57. The quantitative estimate of drug-likeness (QED) is 0.364. The molecule has 38 heavy (non-hydrogen) atoms. The van der Waals surface area contributed by atoms with Gasteiger partial charge in [-0.25, -0.2) is 0 Å². The van der Waals surface area contributed by atoms with Crippen LogP contribution in [0.5, 0.6) is 0 Å². The number of nitrogens with zero attached hydrogens (tertiary/aromatic N) is 2. The average Bonchev–Trinajstić information content (AvgIpc) is 3.18. The molecule has 0 saturated carbocycles. The van der Waals surface area contributed by atoms with Crippen molar-refractivity contribution in [1.29, 1.82) is 0 Å². The van der Waals surface area contributed by atoms with Gasteiger partial charge in [0.2, 0.25) is 23.6 Å². The van der Waals surface area contributed by atoms with Crippen molar-refractivity contribution in [3.05, 3.63) is 83.4 Å². The van der Waals surface area contributed by atoms with Gasteiger partial charge in [-0.05, 0) is 42.9 Å². The number of hydrogen-bond acceptors (Lipinski definition) is 4. The van der Waals surface area contributed by atoms with Gasteiger partial charge >= 0.3 is 0 Å². The number of amides is 4. The largest absolute Gasteiger partial charge is 0.354 e. The summed E-state index contributed by atoms with van der Waals surface area (Å²) < 4.78 is 0. The van der Waals surface area contributed by atoms with E-state index in [1.165, 1.54) is 4.90 Å². The second-order valence-electron chi connectivity index (χ2n) is 10.2. The molecule has 1 fully saturated rings. The van der Waals surface area contributed by atoms with Crippen LogP contribution in [-0.2, 0) is 32.1 Å². The highest BCUT2D eigenvalue weighted by Gasteiger charge is 2.47. The number of hydrogen-bond donors (Lipinski definition) is 1. The van der Waals surface area contributed by atoms with E-state index in [1.807, 2.05) is 80.6 Å². The van der Waals surface area contributed by atoms with Crippen LogP contribution in [0.25, 0.3) is 0 Å². The molecule has 2 aromatic carbocycles. The topological polar surface area (TPSA) is 86.8 Å². The molecule has 1 heterocycles. The smallest absolute Gasteiger partial charge is 0.243 e. The number of imide groups is 1. The molecular formula is C31H37N3O4. The van der Waals surface area contributed by atoms with E-state index in [0.717, 1.165) is 23.1 Å². The number of allylic oxidation sites excluding steroid dienone is 2. The van der Waals surface area contributed by atoms with Crippen molar-refractivity contribution >= 4 is 23.6 Å². The zero-order valence-corrected chi connectivity index (χ0v) is 22.3. The van der Waals surface area contributed by atoms with Crippen molar-refractivity contribution in [3.63, 3.8) is 0 Å². The Morgan fingerprint density at radius 1 is 0.974 bits per heavy atom. The molecule has 2 aliphatic rings. The molecule has 1 N–H and O–H groups in total. The van der Waals surface area contributed by atoms with Crippen LogP contribution < -0.4 is 5.32 Å². The minimum Gasteiger partial charge on any atom is -0.354 e. The Hall–Kier alpha value is -3.74. The van der Waals surface area contributed by atoms with Gasteiger partial charge in [-0.2, -0.15) is 0 Å². The van der Waals surface area contributed by atoms with Crippen molar-refractivity contribution in [1.82, 2.24) is 15.1 Å². The van der Waals surface area contributed by atoms with Gasteiger partial charge in [-0.3, -0.25) is 24.1 Å². The van der Waals surface area contributed by atoms with Gasteiger partial charge in [-0.15, -0.1) is 0 Å². The van der Waals surface area contributed by atoms with Gasteiger partial charge in [0.1, 0.15) is 6.04 Å². The van der Waals surface area contributed by atoms with E-state index in [-0.39, 0.29) is 55.0 Å². The van der Waals surface area contributed by atoms with Crippen LogP contribution in [0.1, 0.15) is 49.3 Å². The summed E-state index contributed by atoms with van der Waals surface area (Å²) in [5.74, 6) is -1.49. The van der Waals surface area contributed by atoms with Crippen LogP contribution in [0.4, 0.5) is 0 Å². The Morgan fingerprint density at radius 3 is 2.24 bits per heavy atom. The normalized spacial score (nSPS) is 19.3. The molecule has 0 bridgehead atoms. The van der Waals surface area contributed by atoms with E-state index in [0.29, 0.717) is 25.8 Å². The molecule has 3 atom stereocenters. The molecule has 0 unspecified atom stereocenters. The Kier molecular flexibility index (Phi) is 9.10. The minimum atomic E-state index is -0.729. The lowest BCUT2D eigenvalue weighted by atomic mass is 9.85. The zero-order valence-electron chi connectivity index (χ0n) is 22.3. The average molecular weight is 516 g/mol. The Morgan fingerprint density at radius 2 is 1.61 bits per heavy atom. The number of likely N-dealkylation sites (tertiary alicyclic amines) is 1. The molecular weight excluding hydrogens is 478 g/mol. The second-order valence-corrected chi connectivity index (χ2v) is 10.2. The van der Waals surface area contributed by atoms with E-state index < -0.39 is 6.04 Å². The van der Waals surface area contributed by atoms with Gasteiger partial charge < -0.3 is 10.2 Å². The maximum atomic E-state index is 13.8. The molecule has 1 saturated heterocycles. The molecule has 7 nitrogen and oxygen atoms in total. The minimum absolute atomic E-state index is 0.0252. The third kappa shape index (κ3) is 6.21. The second kappa shape index (κ2) is 12.7. The zero-order chi connectivity index (χ0) is 27.1. The van der Waals surface area contributed by atoms with Crippen LogP contribution in [-0.4, -0.2) is 52.6 Å². The Balaban J connectivity index is 1.58. The highest BCUT2D eigenvalue weighted by Crippen LogP contribution is 2.35. The van der Waals surface area contributed by atoms with Gasteiger partial charge in [0.15, 0.2) is 0 Å². The first-order chi connectivity index (χ1) is 18.4. The fourth-order valence-electron chi connectivity index (χ4n) is 5.33. The Bertz CT molecular complexity index is 1170. The van der Waals surface area contributed by atoms with Crippen molar-refractivity contribution in [2.75, 3.05) is 13.1 Å². The summed E-state index contributed by atoms with van der Waals surface area (Å²) in [6.07, 6.45) is 6.16. The van der Waals surface area contributed by atoms with Crippen molar-refractivity contribution in [3.8, 4) is 0 Å². The molecule has 1 aliphatic heterocycles. The van der Waals surface area contributed by atoms with Crippen molar-refractivity contribution in [2.45, 2.75) is 58.5 Å². The summed E-state index contributed by atoms with van der Waals surface area (Å²) >= 11 is 0. The molecule has 2 aromatic rings. The molecule has 0 spiro atoms. The standard InChI is InChI=1S/C31H37N3O4/c1-3-18-32-29(36)27(20-23-12-5-4-6-13-23)34(21-24-14-8-7-11-22(24)2)28(35)17-19-33-30(37)25-15-9-10-16-26(25)31(33)38/h4-14,25-27H,3,15-21H2,1-2H3,(H,32,36)/t25-,26+,27-/m0/s1. The van der Waals surface area contributed by atoms with E-state index in [9.17, 15) is 19.2 Å². The fourth-order valence-corrected chi connectivity index (χ4v) is 5.33. The monoisotopic (exact) mass is 515 g/mol. The van der Waals surface area contributed by atoms with Gasteiger partial charge in [0.25, 0.3) is 0 Å². The number of aryl methyl sites for hydroxylation is 1. The summed E-state index contributed by atoms with van der Waals surface area (Å²) in [5, 5.41) is 2.98. The van der Waals surface area contributed by atoms with Gasteiger partial charge in [-0.1, -0.05) is 73.7 Å². The lowest BCUT2D eigenvalue weighted by Gasteiger charge is -2.32. The number of fused-ring (bicyclic) bond motifs is 1. The molecule has 0 aromatic heterocycles. The summed E-state index contributed by atoms with van der Waals surface area (Å²) in [6, 6.07) is 16.7. The SMILES string of the molecule is CCCNC(=O)[C@H](Cc1ccccc1)N(Cc1ccccc1C)C(=O)CCN1C(=O)[C@H]2CC=CC[C@H]2C1=O. The molecule has 4 amide bonds. The van der Waals surface area contributed by atoms with Crippen molar-refractivity contribution < 1.29 is 19.2 Å². The number of carbonyl (C=O) groups excluding carboxylic acids is 4. The molecule has 1 aliphatic carbocycles. The molecule has 7 heteroatoms. The van der Waals surface area contributed by atoms with Crippen LogP contribution in [0.3, 0.4) is 0 Å². The van der Waals surface area contributed by atoms with Crippen LogP contribution >= 0.6 is 0 Å². The summed E-state index contributed by atoms with van der Waals surface area (Å²) in [7, 11) is 0. The van der Waals surface area contributed by atoms with E-state index in [1.54, 1.807) is 4.90 Å². The fraction of sp³-hybridized carbons (Fsp3) is 0.419. The lowest BCUT2D eigenvalue weighted by Crippen LogP contribution is -2.51. The van der Waals surface area contributed by atoms with E-state index in [4.69, 9.17) is 0 Å². The van der Waals surface area contributed by atoms with E-state index >= 15 is 0 Å². The Labute approximate surface area is 224 Å². The first kappa shape index (κ1) is 27.3. The lowest BCUT2D eigenvalue weighted by molar-refractivity contribution is -0.144. The number of nitrogens with one attached hydrogen (secondary N) is 1. The van der Waals surface area contributed by atoms with Crippen LogP contribution in [0, 0.1) is 18.8 Å². The summed E-state index contributed by atoms with van der Waals surface area (Å²) in [4.78, 5) is 56.1. The molecule has 200 valence electrons. The summed E-state index contributed by atoms with van der Waals surface area (Å²) in [5.41, 5.74) is 2.93. The first-order valence-electron chi connectivity index (χ1n) is 13.6. The maximum absolute atomic E-state index is 13.8. The van der Waals surface area contributed by atoms with Gasteiger partial charge in [0, 0.05) is 32.5 Å². The van der Waals surface area contributed by atoms with Gasteiger partial charge in [0.05, 0.1) is 11.8 Å². The molecule has 4 rings (SSSR count). The number of carbonyl (C=O) groups is 4. The highest BCUT2D eigenvalue weighted by molar-refractivity contribution is 6.05. The van der Waals surface area contributed by atoms with Crippen molar-refractivity contribution in [2.24, 2.45) is 11.8 Å². The number of benzene rings is 2. The summed E-state index contributed by atoms with van der Waals surface area (Å²) in [6.45, 7) is 4.78. The number of rotatable bonds is 11. The first-order valence-corrected chi connectivity index (χ1v) is 13.6. The predicted molar refractivity (Wildman–Crippen MR) is 146 cm³/mol.